The van der Waals surface area contributed by atoms with E-state index in [1.807, 2.05) is 29.7 Å². The van der Waals surface area contributed by atoms with E-state index in [1.54, 1.807) is 4.90 Å². The first-order chi connectivity index (χ1) is 17.6. The Labute approximate surface area is 210 Å². The quantitative estimate of drug-likeness (QED) is 0.506. The van der Waals surface area contributed by atoms with Gasteiger partial charge in [-0.2, -0.15) is 22.8 Å². The Kier molecular flexibility index (Phi) is 8.62. The van der Waals surface area contributed by atoms with Gasteiger partial charge in [0, 0.05) is 18.7 Å². The van der Waals surface area contributed by atoms with Gasteiger partial charge in [-0.25, -0.2) is 4.98 Å². The molecule has 2 aromatic carbocycles. The summed E-state index contributed by atoms with van der Waals surface area (Å²) in [5, 5.41) is 2.72. The molecule has 0 saturated carbocycles. The van der Waals surface area contributed by atoms with Gasteiger partial charge >= 0.3 is 12.3 Å². The molecule has 11 heteroatoms. The van der Waals surface area contributed by atoms with Crippen molar-refractivity contribution in [3.8, 4) is 0 Å². The van der Waals surface area contributed by atoms with E-state index in [2.05, 4.69) is 16.9 Å². The van der Waals surface area contributed by atoms with Gasteiger partial charge in [0.25, 0.3) is 5.91 Å². The van der Waals surface area contributed by atoms with Gasteiger partial charge < -0.3 is 9.47 Å². The first-order valence-electron chi connectivity index (χ1n) is 11.5. The lowest BCUT2D eigenvalue weighted by molar-refractivity contribution is -0.191. The number of fused-ring (bicyclic) bond motifs is 1. The number of carbonyl (C=O) groups is 2. The minimum Gasteiger partial charge on any atom is -0.337 e. The Morgan fingerprint density at radius 1 is 1.16 bits per heavy atom. The van der Waals surface area contributed by atoms with Crippen LogP contribution < -0.4 is 5.32 Å². The summed E-state index contributed by atoms with van der Waals surface area (Å²) < 4.78 is 41.3. The van der Waals surface area contributed by atoms with Crippen LogP contribution in [-0.2, 0) is 20.6 Å². The van der Waals surface area contributed by atoms with Crippen LogP contribution in [-0.4, -0.2) is 45.5 Å². The van der Waals surface area contributed by atoms with Gasteiger partial charge in [0.15, 0.2) is 0 Å². The molecule has 2 heterocycles. The minimum absolute atomic E-state index is 0.116. The summed E-state index contributed by atoms with van der Waals surface area (Å²) in [6, 6.07) is 9.72. The number of hydrogen-bond donors (Lipinski definition) is 1. The van der Waals surface area contributed by atoms with Crippen molar-refractivity contribution in [2.45, 2.75) is 38.4 Å². The summed E-state index contributed by atoms with van der Waals surface area (Å²) in [6.45, 7) is 6.54. The molecule has 1 aliphatic rings. The molecule has 0 bridgehead atoms. The molecule has 1 N–H and O–H groups in total. The fourth-order valence-corrected chi connectivity index (χ4v) is 4.43. The molecule has 0 spiro atoms. The van der Waals surface area contributed by atoms with E-state index < -0.39 is 17.6 Å². The molecule has 1 atom stereocenters. The Morgan fingerprint density at radius 3 is 2.54 bits per heavy atom. The predicted octanol–water partition coefficient (Wildman–Crippen LogP) is 4.77. The number of nitrogens with one attached hydrogen (secondary N) is 1. The lowest BCUT2D eigenvalue weighted by Crippen LogP contribution is -2.34. The summed E-state index contributed by atoms with van der Waals surface area (Å²) in [5.41, 5.74) is 1.40. The molecular formula is C26H25F3N4O4. The number of rotatable bonds is 4. The number of hydrogen-bond acceptors (Lipinski definition) is 5. The molecule has 2 amide bonds. The summed E-state index contributed by atoms with van der Waals surface area (Å²) in [6.07, 6.45) is -0.545. The molecule has 8 nitrogen and oxygen atoms in total. The van der Waals surface area contributed by atoms with Gasteiger partial charge in [0.1, 0.15) is 0 Å². The average molecular weight is 515 g/mol. The molecule has 0 radical (unpaired) electrons. The molecule has 1 aliphatic heterocycles. The van der Waals surface area contributed by atoms with Crippen LogP contribution in [0.4, 0.5) is 19.1 Å². The zero-order valence-corrected chi connectivity index (χ0v) is 20.0. The normalized spacial score (nSPS) is 15.7. The zero-order chi connectivity index (χ0) is 27.2. The fourth-order valence-electron chi connectivity index (χ4n) is 4.43. The maximum atomic E-state index is 13.1. The highest BCUT2D eigenvalue weighted by atomic mass is 19.4. The van der Waals surface area contributed by atoms with Crippen LogP contribution in [0.15, 0.2) is 55.1 Å². The highest BCUT2D eigenvalue weighted by molar-refractivity contribution is 6.04. The van der Waals surface area contributed by atoms with Crippen molar-refractivity contribution in [3.63, 3.8) is 0 Å². The van der Waals surface area contributed by atoms with Gasteiger partial charge in [-0.15, -0.1) is 0 Å². The van der Waals surface area contributed by atoms with Crippen LogP contribution in [0.25, 0.3) is 11.0 Å². The predicted molar refractivity (Wildman–Crippen MR) is 129 cm³/mol. The minimum atomic E-state index is -4.55. The summed E-state index contributed by atoms with van der Waals surface area (Å²) >= 11 is 0. The number of imidazole rings is 1. The van der Waals surface area contributed by atoms with Crippen molar-refractivity contribution in [3.05, 3.63) is 71.8 Å². The number of anilines is 1. The van der Waals surface area contributed by atoms with Crippen LogP contribution in [0.3, 0.4) is 0 Å². The van der Waals surface area contributed by atoms with E-state index >= 15 is 0 Å². The third kappa shape index (κ3) is 6.31. The van der Waals surface area contributed by atoms with Crippen LogP contribution >= 0.6 is 0 Å². The van der Waals surface area contributed by atoms with Crippen molar-refractivity contribution in [1.82, 2.24) is 14.5 Å². The maximum absolute atomic E-state index is 13.1. The molecule has 0 unspecified atom stereocenters. The highest BCUT2D eigenvalue weighted by Gasteiger charge is 2.31. The molecule has 1 saturated heterocycles. The number of para-hydroxylation sites is 1. The number of aromatic nitrogens is 2. The lowest BCUT2D eigenvalue weighted by atomic mass is 10.1. The number of carbonyl (C=O) groups excluding carboxylic acids is 4. The van der Waals surface area contributed by atoms with Crippen molar-refractivity contribution >= 4 is 34.9 Å². The summed E-state index contributed by atoms with van der Waals surface area (Å²) in [4.78, 5) is 47.9. The van der Waals surface area contributed by atoms with Gasteiger partial charge in [-0.05, 0) is 62.1 Å². The van der Waals surface area contributed by atoms with E-state index in [4.69, 9.17) is 9.59 Å². The Hall–Kier alpha value is -4.24. The van der Waals surface area contributed by atoms with Gasteiger partial charge in [-0.3, -0.25) is 14.9 Å². The van der Waals surface area contributed by atoms with Crippen molar-refractivity contribution in [1.29, 1.82) is 0 Å². The van der Waals surface area contributed by atoms with Crippen LogP contribution in [0.5, 0.6) is 0 Å². The molecule has 0 aliphatic carbocycles. The van der Waals surface area contributed by atoms with Crippen LogP contribution in [0.2, 0.25) is 0 Å². The number of benzene rings is 2. The average Bonchev–Trinajstić information content (AvgIpc) is 3.05. The highest BCUT2D eigenvalue weighted by Crippen LogP contribution is 2.33. The first-order valence-corrected chi connectivity index (χ1v) is 11.5. The lowest BCUT2D eigenvalue weighted by Gasteiger charge is -2.26. The number of halogens is 3. The zero-order valence-electron chi connectivity index (χ0n) is 20.0. The number of aryl methyl sites for hydroxylation is 1. The molecular weight excluding hydrogens is 489 g/mol. The smallest absolute Gasteiger partial charge is 0.337 e. The maximum Gasteiger partial charge on any atom is 0.416 e. The standard InChI is InChI=1S/C25H25F3N4O2.CO2/c1-3-21(33)31-13-5-4-11-19(15-31)32-22-16(2)8-6-12-20(22)29-24(32)30-23(34)17-9-7-10-18(14-17)25(26,27)28;2-1-3/h3,6-10,12,14,19H,1,4-5,11,13,15H2,2H3,(H,29,30,34);/t19-;/m1./s1. The van der Waals surface area contributed by atoms with Gasteiger partial charge in [0.2, 0.25) is 11.9 Å². The van der Waals surface area contributed by atoms with E-state index in [0.29, 0.717) is 18.6 Å². The molecule has 1 fully saturated rings. The van der Waals surface area contributed by atoms with Crippen molar-refractivity contribution < 1.29 is 32.3 Å². The second-order valence-corrected chi connectivity index (χ2v) is 8.50. The van der Waals surface area contributed by atoms with E-state index in [9.17, 15) is 22.8 Å². The van der Waals surface area contributed by atoms with Gasteiger partial charge in [-0.1, -0.05) is 24.8 Å². The Morgan fingerprint density at radius 2 is 1.86 bits per heavy atom. The first kappa shape index (κ1) is 27.3. The number of nitrogens with zero attached hydrogens (tertiary/aromatic N) is 3. The van der Waals surface area contributed by atoms with E-state index in [1.165, 1.54) is 18.2 Å². The van der Waals surface area contributed by atoms with Crippen LogP contribution in [0.1, 0.15) is 46.8 Å². The summed E-state index contributed by atoms with van der Waals surface area (Å²) in [7, 11) is 0. The SMILES string of the molecule is C=CC(=O)N1CCCC[C@@H](n2c(NC(=O)c3cccc(C(F)(F)F)c3)nc3cccc(C)c32)C1.O=C=O. The topological polar surface area (TPSA) is 101 Å². The largest absolute Gasteiger partial charge is 0.416 e. The second-order valence-electron chi connectivity index (χ2n) is 8.50. The Bertz CT molecular complexity index is 1340. The van der Waals surface area contributed by atoms with E-state index in [-0.39, 0.29) is 29.6 Å². The molecule has 194 valence electrons. The number of amides is 2. The summed E-state index contributed by atoms with van der Waals surface area (Å²) in [5.74, 6) is -0.611. The number of likely N-dealkylation sites (tertiary alicyclic amines) is 1. The van der Waals surface area contributed by atoms with E-state index in [0.717, 1.165) is 42.5 Å². The third-order valence-corrected chi connectivity index (χ3v) is 6.09. The van der Waals surface area contributed by atoms with Crippen LogP contribution in [0, 0.1) is 6.92 Å². The van der Waals surface area contributed by atoms with Gasteiger partial charge in [0.05, 0.1) is 22.6 Å². The fraction of sp³-hybridized carbons (Fsp3) is 0.308. The second kappa shape index (κ2) is 11.7. The molecule has 4 rings (SSSR count). The molecule has 3 aromatic rings. The Balaban J connectivity index is 0.00000121. The monoisotopic (exact) mass is 514 g/mol. The molecule has 1 aromatic heterocycles. The van der Waals surface area contributed by atoms with Crippen molar-refractivity contribution in [2.75, 3.05) is 18.4 Å². The number of alkyl halides is 3. The molecule has 37 heavy (non-hydrogen) atoms. The third-order valence-electron chi connectivity index (χ3n) is 6.09. The van der Waals surface area contributed by atoms with Crippen molar-refractivity contribution in [2.24, 2.45) is 0 Å².